The van der Waals surface area contributed by atoms with E-state index in [9.17, 15) is 19.5 Å². The molecule has 1 fully saturated rings. The van der Waals surface area contributed by atoms with Gasteiger partial charge in [-0.1, -0.05) is 16.4 Å². The SMILES string of the molecule is CO/N=C(\C(=O)NC1C(=O)N2C(C(=O)O)=C(C[n+]3cccc4c(N)cccc43)CS[C@H]12)c1noc(N)n1. The standard InChI is InChI=1S/C22H20N8O6S/c1-35-27-14(17-26-22(24)36-28-17)18(31)25-15-19(32)30-16(21(33)34)10(9-37-20(15)30)8-29-7-3-4-11-12(23)5-2-6-13(11)29/h2-7,15,20,23H,8-9H2,1H3,(H4,24,25,26,28,31,33,34)/p+1/b27-14-/t15?,20-/m1/s1. The molecule has 2 aliphatic heterocycles. The quantitative estimate of drug-likeness (QED) is 0.101. The predicted octanol–water partition coefficient (Wildman–Crippen LogP) is -0.536. The molecule has 1 aromatic carbocycles. The Hall–Kier alpha value is -4.66. The van der Waals surface area contributed by atoms with Gasteiger partial charge >= 0.3 is 12.0 Å². The zero-order valence-corrected chi connectivity index (χ0v) is 20.1. The van der Waals surface area contributed by atoms with Crippen LogP contribution < -0.4 is 21.4 Å². The molecule has 0 bridgehead atoms. The van der Waals surface area contributed by atoms with Gasteiger partial charge in [-0.15, -0.1) is 11.8 Å². The van der Waals surface area contributed by atoms with Crippen LogP contribution in [0.15, 0.2) is 57.5 Å². The normalized spacial score (nSPS) is 19.4. The number of amides is 2. The van der Waals surface area contributed by atoms with E-state index in [0.29, 0.717) is 17.0 Å². The lowest BCUT2D eigenvalue weighted by molar-refractivity contribution is -0.663. The molecule has 0 aliphatic carbocycles. The van der Waals surface area contributed by atoms with Crippen LogP contribution in [-0.4, -0.2) is 67.9 Å². The summed E-state index contributed by atoms with van der Waals surface area (Å²) in [5.74, 6) is -2.51. The van der Waals surface area contributed by atoms with Crippen molar-refractivity contribution in [3.8, 4) is 0 Å². The number of nitrogen functional groups attached to an aromatic ring is 2. The lowest BCUT2D eigenvalue weighted by Crippen LogP contribution is -2.71. The highest BCUT2D eigenvalue weighted by Crippen LogP contribution is 2.40. The van der Waals surface area contributed by atoms with Crippen LogP contribution >= 0.6 is 11.8 Å². The van der Waals surface area contributed by atoms with E-state index < -0.39 is 29.2 Å². The van der Waals surface area contributed by atoms with E-state index in [-0.39, 0.29) is 29.8 Å². The van der Waals surface area contributed by atoms with E-state index in [0.717, 1.165) is 10.9 Å². The maximum absolute atomic E-state index is 13.1. The molecule has 4 heterocycles. The van der Waals surface area contributed by atoms with Crippen molar-refractivity contribution in [2.45, 2.75) is 18.0 Å². The number of pyridine rings is 1. The molecule has 0 spiro atoms. The number of anilines is 2. The number of carboxylic acid groups (broad SMARTS) is 1. The van der Waals surface area contributed by atoms with Gasteiger partial charge in [-0.2, -0.15) is 9.55 Å². The number of thioether (sulfide) groups is 1. The van der Waals surface area contributed by atoms with Crippen molar-refractivity contribution in [3.05, 3.63) is 53.6 Å². The number of carbonyl (C=O) groups is 3. The third-order valence-corrected chi connectivity index (χ3v) is 7.24. The average Bonchev–Trinajstić information content (AvgIpc) is 3.31. The van der Waals surface area contributed by atoms with Gasteiger partial charge in [0.15, 0.2) is 12.7 Å². The van der Waals surface area contributed by atoms with E-state index in [1.807, 2.05) is 35.0 Å². The van der Waals surface area contributed by atoms with E-state index in [1.54, 1.807) is 6.07 Å². The zero-order chi connectivity index (χ0) is 26.3. The van der Waals surface area contributed by atoms with Gasteiger partial charge in [0.1, 0.15) is 24.2 Å². The molecule has 0 radical (unpaired) electrons. The average molecular weight is 526 g/mol. The van der Waals surface area contributed by atoms with Gasteiger partial charge in [-0.3, -0.25) is 14.5 Å². The number of nitrogens with zero attached hydrogens (tertiary/aromatic N) is 5. The number of rotatable bonds is 7. The van der Waals surface area contributed by atoms with Gasteiger partial charge < -0.3 is 31.3 Å². The minimum Gasteiger partial charge on any atom is -0.477 e. The van der Waals surface area contributed by atoms with E-state index >= 15 is 0 Å². The minimum absolute atomic E-state index is 0.107. The van der Waals surface area contributed by atoms with Crippen molar-refractivity contribution in [2.75, 3.05) is 24.3 Å². The van der Waals surface area contributed by atoms with Crippen LogP contribution in [0.3, 0.4) is 0 Å². The Morgan fingerprint density at radius 2 is 2.16 bits per heavy atom. The molecule has 37 heavy (non-hydrogen) atoms. The first kappa shape index (κ1) is 24.1. The number of oxime groups is 1. The third kappa shape index (κ3) is 4.18. The summed E-state index contributed by atoms with van der Waals surface area (Å²) >= 11 is 1.34. The van der Waals surface area contributed by atoms with Crippen LogP contribution in [0.1, 0.15) is 5.82 Å². The second-order valence-corrected chi connectivity index (χ2v) is 9.22. The Morgan fingerprint density at radius 1 is 1.35 bits per heavy atom. The molecule has 3 aromatic rings. The molecule has 0 saturated carbocycles. The maximum Gasteiger partial charge on any atom is 0.352 e. The van der Waals surface area contributed by atoms with Gasteiger partial charge in [0.05, 0.1) is 5.39 Å². The second kappa shape index (κ2) is 9.42. The van der Waals surface area contributed by atoms with Gasteiger partial charge in [-0.05, 0) is 12.1 Å². The third-order valence-electron chi connectivity index (χ3n) is 5.90. The number of aromatic nitrogens is 3. The number of carbonyl (C=O) groups excluding carboxylic acids is 2. The largest absolute Gasteiger partial charge is 0.477 e. The molecule has 14 nitrogen and oxygen atoms in total. The second-order valence-electron chi connectivity index (χ2n) is 8.11. The van der Waals surface area contributed by atoms with Crippen LogP contribution in [0.5, 0.6) is 0 Å². The first-order chi connectivity index (χ1) is 17.8. The zero-order valence-electron chi connectivity index (χ0n) is 19.3. The summed E-state index contributed by atoms with van der Waals surface area (Å²) in [7, 11) is 1.22. The van der Waals surface area contributed by atoms with Gasteiger partial charge in [-0.25, -0.2) is 4.79 Å². The fourth-order valence-electron chi connectivity index (χ4n) is 4.29. The molecule has 190 valence electrons. The summed E-state index contributed by atoms with van der Waals surface area (Å²) in [6.07, 6.45) is 1.83. The van der Waals surface area contributed by atoms with Crippen molar-refractivity contribution in [2.24, 2.45) is 5.16 Å². The lowest BCUT2D eigenvalue weighted by atomic mass is 10.0. The predicted molar refractivity (Wildman–Crippen MR) is 130 cm³/mol. The van der Waals surface area contributed by atoms with Crippen LogP contribution in [0.4, 0.5) is 11.7 Å². The number of carboxylic acids is 1. The molecule has 15 heteroatoms. The number of hydrogen-bond donors (Lipinski definition) is 4. The number of fused-ring (bicyclic) bond motifs is 2. The van der Waals surface area contributed by atoms with Crippen molar-refractivity contribution in [3.63, 3.8) is 0 Å². The van der Waals surface area contributed by atoms with Gasteiger partial charge in [0, 0.05) is 29.1 Å². The van der Waals surface area contributed by atoms with Crippen LogP contribution in [-0.2, 0) is 25.8 Å². The van der Waals surface area contributed by atoms with Crippen LogP contribution in [0, 0.1) is 0 Å². The fraction of sp³-hybridized carbons (Fsp3) is 0.227. The Bertz CT molecular complexity index is 1500. The van der Waals surface area contributed by atoms with Crippen LogP contribution in [0.25, 0.3) is 10.9 Å². The summed E-state index contributed by atoms with van der Waals surface area (Å²) in [5, 5.41) is 19.9. The minimum atomic E-state index is -1.23. The molecule has 1 saturated heterocycles. The van der Waals surface area contributed by atoms with Crippen LogP contribution in [0.2, 0.25) is 0 Å². The summed E-state index contributed by atoms with van der Waals surface area (Å²) in [6.45, 7) is 0.243. The highest BCUT2D eigenvalue weighted by atomic mass is 32.2. The molecule has 2 atom stereocenters. The molecular formula is C22H21N8O6S+. The summed E-state index contributed by atoms with van der Waals surface area (Å²) in [6, 6.07) is 7.94. The molecule has 2 aliphatic rings. The number of benzene rings is 1. The molecule has 6 N–H and O–H groups in total. The smallest absolute Gasteiger partial charge is 0.352 e. The maximum atomic E-state index is 13.1. The Kier molecular flexibility index (Phi) is 6.12. The van der Waals surface area contributed by atoms with Crippen molar-refractivity contribution < 1.29 is 33.4 Å². The highest BCUT2D eigenvalue weighted by Gasteiger charge is 2.55. The number of β-lactam (4-membered cyclic amide) rings is 1. The van der Waals surface area contributed by atoms with Crippen molar-refractivity contribution in [1.82, 2.24) is 20.4 Å². The number of nitrogens with two attached hydrogens (primary N) is 2. The van der Waals surface area contributed by atoms with E-state index in [1.165, 1.54) is 23.8 Å². The summed E-state index contributed by atoms with van der Waals surface area (Å²) in [4.78, 5) is 47.8. The monoisotopic (exact) mass is 525 g/mol. The fourth-order valence-corrected chi connectivity index (χ4v) is 5.63. The summed E-state index contributed by atoms with van der Waals surface area (Å²) < 4.78 is 6.56. The Morgan fingerprint density at radius 3 is 2.86 bits per heavy atom. The molecule has 2 amide bonds. The topological polar surface area (TPSA) is 203 Å². The first-order valence-corrected chi connectivity index (χ1v) is 11.9. The number of hydrogen-bond acceptors (Lipinski definition) is 11. The first-order valence-electron chi connectivity index (χ1n) is 10.9. The van der Waals surface area contributed by atoms with E-state index in [2.05, 4.69) is 30.0 Å². The Balaban J connectivity index is 1.39. The van der Waals surface area contributed by atoms with Gasteiger partial charge in [0.25, 0.3) is 11.8 Å². The highest BCUT2D eigenvalue weighted by molar-refractivity contribution is 8.00. The van der Waals surface area contributed by atoms with E-state index in [4.69, 9.17) is 11.5 Å². The van der Waals surface area contributed by atoms with Gasteiger partial charge in [0.2, 0.25) is 17.1 Å². The molecular weight excluding hydrogens is 504 g/mol. The molecule has 5 rings (SSSR count). The van der Waals surface area contributed by atoms with Crippen molar-refractivity contribution >= 4 is 57.9 Å². The molecule has 2 aromatic heterocycles. The number of nitrogens with one attached hydrogen (secondary N) is 1. The Labute approximate surface area is 212 Å². The van der Waals surface area contributed by atoms with Crippen molar-refractivity contribution in [1.29, 1.82) is 0 Å². The summed E-state index contributed by atoms with van der Waals surface area (Å²) in [5.41, 5.74) is 13.0. The number of aliphatic carboxylic acids is 1. The molecule has 1 unspecified atom stereocenters. The lowest BCUT2D eigenvalue weighted by Gasteiger charge is -2.49.